The van der Waals surface area contributed by atoms with E-state index in [2.05, 4.69) is 5.32 Å². The zero-order valence-corrected chi connectivity index (χ0v) is 14.9. The molecular formula is C16H27N3O4S. The van der Waals surface area contributed by atoms with Gasteiger partial charge in [-0.25, -0.2) is 0 Å². The van der Waals surface area contributed by atoms with Crippen LogP contribution in [0, 0.1) is 0 Å². The van der Waals surface area contributed by atoms with Gasteiger partial charge in [0.1, 0.15) is 6.10 Å². The van der Waals surface area contributed by atoms with Crippen molar-refractivity contribution in [1.29, 1.82) is 0 Å². The van der Waals surface area contributed by atoms with Gasteiger partial charge in [-0.1, -0.05) is 0 Å². The minimum atomic E-state index is -0.437. The Morgan fingerprint density at radius 2 is 1.96 bits per heavy atom. The number of ether oxygens (including phenoxy) is 2. The molecule has 1 N–H and O–H groups in total. The van der Waals surface area contributed by atoms with Gasteiger partial charge in [-0.15, -0.1) is 0 Å². The lowest BCUT2D eigenvalue weighted by Gasteiger charge is -2.35. The number of hydrogen-bond acceptors (Lipinski definition) is 6. The quantitative estimate of drug-likeness (QED) is 0.719. The highest BCUT2D eigenvalue weighted by atomic mass is 32.2. The first-order valence-electron chi connectivity index (χ1n) is 8.81. The van der Waals surface area contributed by atoms with Gasteiger partial charge in [-0.3, -0.25) is 14.5 Å². The maximum Gasteiger partial charge on any atom is 0.253 e. The summed E-state index contributed by atoms with van der Waals surface area (Å²) in [7, 11) is 0. The fraction of sp³-hybridized carbons (Fsp3) is 0.875. The molecule has 2 unspecified atom stereocenters. The van der Waals surface area contributed by atoms with Gasteiger partial charge in [0.05, 0.1) is 19.3 Å². The van der Waals surface area contributed by atoms with Crippen LogP contribution in [-0.2, 0) is 19.1 Å². The molecule has 2 atom stereocenters. The molecular weight excluding hydrogens is 330 g/mol. The third kappa shape index (κ3) is 5.08. The van der Waals surface area contributed by atoms with Crippen LogP contribution in [0.4, 0.5) is 0 Å². The molecule has 0 aromatic rings. The molecule has 0 spiro atoms. The van der Waals surface area contributed by atoms with Crippen molar-refractivity contribution in [2.24, 2.45) is 0 Å². The Kier molecular flexibility index (Phi) is 6.76. The van der Waals surface area contributed by atoms with Gasteiger partial charge in [0.15, 0.2) is 0 Å². The highest BCUT2D eigenvalue weighted by Gasteiger charge is 2.31. The molecule has 0 aliphatic carbocycles. The van der Waals surface area contributed by atoms with Crippen LogP contribution < -0.4 is 5.32 Å². The molecule has 0 bridgehead atoms. The van der Waals surface area contributed by atoms with Crippen molar-refractivity contribution in [1.82, 2.24) is 15.1 Å². The number of amides is 2. The van der Waals surface area contributed by atoms with Crippen LogP contribution in [0.2, 0.25) is 0 Å². The number of nitrogens with one attached hydrogen (secondary N) is 1. The van der Waals surface area contributed by atoms with E-state index < -0.39 is 6.10 Å². The standard InChI is InChI=1S/C16H27N3O4S/c20-15(17-10-13-2-1-6-22-13)12-18-3-7-23-14(11-18)16(21)19-4-8-24-9-5-19/h13-14H,1-12H2,(H,17,20). The lowest BCUT2D eigenvalue weighted by molar-refractivity contribution is -0.150. The summed E-state index contributed by atoms with van der Waals surface area (Å²) in [6.45, 7) is 4.97. The number of morpholine rings is 1. The average molecular weight is 357 g/mol. The monoisotopic (exact) mass is 357 g/mol. The fourth-order valence-electron chi connectivity index (χ4n) is 3.27. The number of carbonyl (C=O) groups is 2. The van der Waals surface area contributed by atoms with Gasteiger partial charge in [-0.2, -0.15) is 11.8 Å². The van der Waals surface area contributed by atoms with Crippen molar-refractivity contribution < 1.29 is 19.1 Å². The first-order chi connectivity index (χ1) is 11.7. The summed E-state index contributed by atoms with van der Waals surface area (Å²) in [5.74, 6) is 2.05. The van der Waals surface area contributed by atoms with Gasteiger partial charge < -0.3 is 19.7 Å². The van der Waals surface area contributed by atoms with Crippen LogP contribution in [0.3, 0.4) is 0 Å². The van der Waals surface area contributed by atoms with Crippen molar-refractivity contribution in [2.75, 3.05) is 64.0 Å². The van der Waals surface area contributed by atoms with Gasteiger partial charge in [0, 0.05) is 50.8 Å². The van der Waals surface area contributed by atoms with E-state index in [1.807, 2.05) is 21.6 Å². The smallest absolute Gasteiger partial charge is 0.253 e. The van der Waals surface area contributed by atoms with Crippen LogP contribution in [0.25, 0.3) is 0 Å². The molecule has 0 aromatic carbocycles. The van der Waals surface area contributed by atoms with Crippen LogP contribution in [0.1, 0.15) is 12.8 Å². The summed E-state index contributed by atoms with van der Waals surface area (Å²) < 4.78 is 11.2. The maximum absolute atomic E-state index is 12.5. The van der Waals surface area contributed by atoms with E-state index in [-0.39, 0.29) is 17.9 Å². The Balaban J connectivity index is 1.41. The Labute approximate surface area is 147 Å². The molecule has 0 aromatic heterocycles. The summed E-state index contributed by atoms with van der Waals surface area (Å²) in [5, 5.41) is 2.93. The van der Waals surface area contributed by atoms with E-state index in [0.29, 0.717) is 32.8 Å². The second-order valence-corrected chi connectivity index (χ2v) is 7.70. The maximum atomic E-state index is 12.5. The van der Waals surface area contributed by atoms with Gasteiger partial charge >= 0.3 is 0 Å². The highest BCUT2D eigenvalue weighted by Crippen LogP contribution is 2.14. The molecule has 0 saturated carbocycles. The van der Waals surface area contributed by atoms with Crippen molar-refractivity contribution in [3.05, 3.63) is 0 Å². The first kappa shape index (κ1) is 18.0. The molecule has 136 valence electrons. The Morgan fingerprint density at radius 1 is 1.12 bits per heavy atom. The normalized spacial score (nSPS) is 28.8. The second-order valence-electron chi connectivity index (χ2n) is 6.47. The number of nitrogens with zero attached hydrogens (tertiary/aromatic N) is 2. The first-order valence-corrected chi connectivity index (χ1v) is 9.96. The number of carbonyl (C=O) groups excluding carboxylic acids is 2. The molecule has 8 heteroatoms. The zero-order chi connectivity index (χ0) is 16.8. The summed E-state index contributed by atoms with van der Waals surface area (Å²) in [5.41, 5.74) is 0. The average Bonchev–Trinajstić information content (AvgIpc) is 3.14. The minimum absolute atomic E-state index is 0.00651. The predicted octanol–water partition coefficient (Wildman–Crippen LogP) is -0.442. The van der Waals surface area contributed by atoms with E-state index in [0.717, 1.165) is 44.0 Å². The number of thioether (sulfide) groups is 1. The highest BCUT2D eigenvalue weighted by molar-refractivity contribution is 7.99. The van der Waals surface area contributed by atoms with E-state index >= 15 is 0 Å². The molecule has 3 heterocycles. The molecule has 2 amide bonds. The van der Waals surface area contributed by atoms with E-state index in [1.165, 1.54) is 0 Å². The summed E-state index contributed by atoms with van der Waals surface area (Å²) in [6, 6.07) is 0. The summed E-state index contributed by atoms with van der Waals surface area (Å²) in [6.07, 6.45) is 1.81. The van der Waals surface area contributed by atoms with E-state index in [1.54, 1.807) is 0 Å². The minimum Gasteiger partial charge on any atom is -0.376 e. The molecule has 3 aliphatic heterocycles. The lowest BCUT2D eigenvalue weighted by Crippen LogP contribution is -2.54. The third-order valence-corrected chi connectivity index (χ3v) is 5.61. The molecule has 24 heavy (non-hydrogen) atoms. The Morgan fingerprint density at radius 3 is 2.71 bits per heavy atom. The zero-order valence-electron chi connectivity index (χ0n) is 14.1. The van der Waals surface area contributed by atoms with Crippen LogP contribution in [-0.4, -0.2) is 97.8 Å². The molecule has 3 saturated heterocycles. The SMILES string of the molecule is O=C(CN1CCOC(C(=O)N2CCSCC2)C1)NCC1CCCO1. The topological polar surface area (TPSA) is 71.1 Å². The molecule has 3 rings (SSSR count). The van der Waals surface area contributed by atoms with Crippen molar-refractivity contribution in [2.45, 2.75) is 25.0 Å². The van der Waals surface area contributed by atoms with Gasteiger partial charge in [-0.05, 0) is 12.8 Å². The predicted molar refractivity (Wildman–Crippen MR) is 92.1 cm³/mol. The molecule has 0 radical (unpaired) electrons. The Hall–Kier alpha value is -0.830. The van der Waals surface area contributed by atoms with E-state index in [4.69, 9.17) is 9.47 Å². The fourth-order valence-corrected chi connectivity index (χ4v) is 4.18. The summed E-state index contributed by atoms with van der Waals surface area (Å²) >= 11 is 1.88. The summed E-state index contributed by atoms with van der Waals surface area (Å²) in [4.78, 5) is 28.5. The Bertz CT molecular complexity index is 439. The van der Waals surface area contributed by atoms with Crippen LogP contribution in [0.5, 0.6) is 0 Å². The van der Waals surface area contributed by atoms with Crippen LogP contribution in [0.15, 0.2) is 0 Å². The van der Waals surface area contributed by atoms with E-state index in [9.17, 15) is 9.59 Å². The number of hydrogen-bond donors (Lipinski definition) is 1. The van der Waals surface area contributed by atoms with Crippen molar-refractivity contribution >= 4 is 23.6 Å². The second kappa shape index (κ2) is 9.03. The van der Waals surface area contributed by atoms with Gasteiger partial charge in [0.25, 0.3) is 5.91 Å². The molecule has 7 nitrogen and oxygen atoms in total. The van der Waals surface area contributed by atoms with Crippen LogP contribution >= 0.6 is 11.8 Å². The molecule has 3 fully saturated rings. The van der Waals surface area contributed by atoms with Crippen molar-refractivity contribution in [3.8, 4) is 0 Å². The lowest BCUT2D eigenvalue weighted by atomic mass is 10.2. The third-order valence-electron chi connectivity index (χ3n) is 4.67. The largest absolute Gasteiger partial charge is 0.376 e. The van der Waals surface area contributed by atoms with Crippen molar-refractivity contribution in [3.63, 3.8) is 0 Å². The molecule has 3 aliphatic rings. The van der Waals surface area contributed by atoms with Gasteiger partial charge in [0.2, 0.25) is 5.91 Å². The number of rotatable bonds is 5.